The number of unbranched alkanes of at least 4 members (excludes halogenated alkanes) is 5. The first-order chi connectivity index (χ1) is 9.14. The van der Waals surface area contributed by atoms with Gasteiger partial charge in [0.15, 0.2) is 0 Å². The Labute approximate surface area is 116 Å². The Morgan fingerprint density at radius 3 is 1.68 bits per heavy atom. The van der Waals surface area contributed by atoms with Crippen LogP contribution >= 0.6 is 0 Å². The van der Waals surface area contributed by atoms with E-state index < -0.39 is 5.41 Å². The summed E-state index contributed by atoms with van der Waals surface area (Å²) < 4.78 is 0. The normalized spacial score (nSPS) is 13.7. The monoisotopic (exact) mass is 277 g/mol. The molecule has 1 atom stereocenters. The molecule has 0 amide bonds. The lowest BCUT2D eigenvalue weighted by atomic mass is 9.85. The highest BCUT2D eigenvalue weighted by Crippen LogP contribution is 2.23. The van der Waals surface area contributed by atoms with Crippen molar-refractivity contribution in [2.45, 2.75) is 57.4 Å². The Kier molecular flexibility index (Phi) is 11.5. The van der Waals surface area contributed by atoms with Gasteiger partial charge < -0.3 is 26.2 Å². The predicted molar refractivity (Wildman–Crippen MR) is 75.7 cm³/mol. The Morgan fingerprint density at radius 1 is 0.737 bits per heavy atom. The lowest BCUT2D eigenvalue weighted by Gasteiger charge is -2.27. The molecule has 6 N–H and O–H groups in total. The van der Waals surface area contributed by atoms with Gasteiger partial charge in [0.05, 0.1) is 26.4 Å². The predicted octanol–water partition coefficient (Wildman–Crippen LogP) is 0.390. The topological polar surface area (TPSA) is 107 Å². The van der Waals surface area contributed by atoms with Crippen molar-refractivity contribution >= 4 is 0 Å². The number of rotatable bonds is 13. The van der Waals surface area contributed by atoms with Crippen LogP contribution in [0.15, 0.2) is 0 Å². The smallest absolute Gasteiger partial charge is 0.0582 e. The molecule has 0 fully saturated rings. The van der Waals surface area contributed by atoms with Gasteiger partial charge in [-0.15, -0.1) is 0 Å². The zero-order chi connectivity index (χ0) is 14.6. The molecule has 0 bridgehead atoms. The van der Waals surface area contributed by atoms with Gasteiger partial charge in [0, 0.05) is 11.5 Å². The summed E-state index contributed by atoms with van der Waals surface area (Å²) in [5.74, 6) is 0. The van der Waals surface area contributed by atoms with E-state index in [0.29, 0.717) is 6.42 Å². The van der Waals surface area contributed by atoms with Crippen LogP contribution in [-0.4, -0.2) is 52.9 Å². The molecule has 1 unspecified atom stereocenters. The van der Waals surface area contributed by atoms with Crippen molar-refractivity contribution in [2.75, 3.05) is 26.4 Å². The summed E-state index contributed by atoms with van der Waals surface area (Å²) in [4.78, 5) is 0. The maximum Gasteiger partial charge on any atom is 0.0582 e. The van der Waals surface area contributed by atoms with E-state index in [1.165, 1.54) is 0 Å². The highest BCUT2D eigenvalue weighted by atomic mass is 16.3. The molecule has 0 radical (unpaired) electrons. The van der Waals surface area contributed by atoms with Gasteiger partial charge in [0.25, 0.3) is 0 Å². The molecule has 0 saturated carbocycles. The van der Waals surface area contributed by atoms with E-state index in [9.17, 15) is 15.3 Å². The first kappa shape index (κ1) is 18.8. The standard InChI is InChI=1S/C14H31NO4/c15-13(9-16)7-5-3-1-2-4-6-8-14(10-17,11-18)12-19/h13,16-19H,1-12,15H2. The summed E-state index contributed by atoms with van der Waals surface area (Å²) in [5, 5.41) is 36.3. The fraction of sp³-hybridized carbons (Fsp3) is 1.00. The quantitative estimate of drug-likeness (QED) is 0.313. The molecule has 5 heteroatoms. The maximum atomic E-state index is 9.17. The fourth-order valence-electron chi connectivity index (χ4n) is 2.09. The Morgan fingerprint density at radius 2 is 1.21 bits per heavy atom. The van der Waals surface area contributed by atoms with Crippen molar-refractivity contribution in [3.63, 3.8) is 0 Å². The number of hydrogen-bond donors (Lipinski definition) is 5. The molecule has 0 heterocycles. The third kappa shape index (κ3) is 8.55. The molecule has 0 aliphatic carbocycles. The molecule has 0 aliphatic heterocycles. The average molecular weight is 277 g/mol. The molecule has 19 heavy (non-hydrogen) atoms. The minimum Gasteiger partial charge on any atom is -0.396 e. The molecular weight excluding hydrogens is 246 g/mol. The molecule has 5 nitrogen and oxygen atoms in total. The van der Waals surface area contributed by atoms with Gasteiger partial charge >= 0.3 is 0 Å². The van der Waals surface area contributed by atoms with Gasteiger partial charge in [0.2, 0.25) is 0 Å². The van der Waals surface area contributed by atoms with Gasteiger partial charge in [-0.05, 0) is 12.8 Å². The van der Waals surface area contributed by atoms with Gasteiger partial charge in [0.1, 0.15) is 0 Å². The summed E-state index contributed by atoms with van der Waals surface area (Å²) in [5.41, 5.74) is 4.89. The lowest BCUT2D eigenvalue weighted by Crippen LogP contribution is -2.33. The average Bonchev–Trinajstić information content (AvgIpc) is 2.46. The molecule has 0 aromatic rings. The number of hydrogen-bond acceptors (Lipinski definition) is 5. The van der Waals surface area contributed by atoms with Crippen LogP contribution < -0.4 is 5.73 Å². The van der Waals surface area contributed by atoms with E-state index in [1.54, 1.807) is 0 Å². The first-order valence-electron chi connectivity index (χ1n) is 7.33. The summed E-state index contributed by atoms with van der Waals surface area (Å²) in [6.07, 6.45) is 7.93. The van der Waals surface area contributed by atoms with Crippen LogP contribution in [0.1, 0.15) is 51.4 Å². The van der Waals surface area contributed by atoms with Gasteiger partial charge in [-0.1, -0.05) is 38.5 Å². The molecule has 116 valence electrons. The van der Waals surface area contributed by atoms with Gasteiger partial charge in [-0.2, -0.15) is 0 Å². The highest BCUT2D eigenvalue weighted by molar-refractivity contribution is 4.76. The Balaban J connectivity index is 3.44. The largest absolute Gasteiger partial charge is 0.396 e. The highest BCUT2D eigenvalue weighted by Gasteiger charge is 2.26. The van der Waals surface area contributed by atoms with Crippen molar-refractivity contribution in [3.05, 3.63) is 0 Å². The molecule has 0 saturated heterocycles. The van der Waals surface area contributed by atoms with E-state index in [2.05, 4.69) is 0 Å². The zero-order valence-electron chi connectivity index (χ0n) is 11.9. The summed E-state index contributed by atoms with van der Waals surface area (Å²) in [7, 11) is 0. The van der Waals surface area contributed by atoms with E-state index in [4.69, 9.17) is 10.8 Å². The fourth-order valence-corrected chi connectivity index (χ4v) is 2.09. The second kappa shape index (κ2) is 11.6. The van der Waals surface area contributed by atoms with Crippen LogP contribution in [0.25, 0.3) is 0 Å². The number of nitrogens with two attached hydrogens (primary N) is 1. The Bertz CT molecular complexity index is 190. The molecule has 0 aromatic carbocycles. The number of aliphatic hydroxyl groups is 4. The third-order valence-corrected chi connectivity index (χ3v) is 3.77. The lowest BCUT2D eigenvalue weighted by molar-refractivity contribution is -0.00230. The van der Waals surface area contributed by atoms with Crippen LogP contribution in [0, 0.1) is 5.41 Å². The Hall–Kier alpha value is -0.200. The van der Waals surface area contributed by atoms with Crippen LogP contribution in [0.2, 0.25) is 0 Å². The minimum absolute atomic E-state index is 0.0611. The maximum absolute atomic E-state index is 9.17. The van der Waals surface area contributed by atoms with Crippen LogP contribution in [0.3, 0.4) is 0 Å². The SMILES string of the molecule is NC(CO)CCCCCCCCC(CO)(CO)CO. The zero-order valence-corrected chi connectivity index (χ0v) is 11.9. The van der Waals surface area contributed by atoms with Crippen molar-refractivity contribution in [1.82, 2.24) is 0 Å². The van der Waals surface area contributed by atoms with Gasteiger partial charge in [-0.3, -0.25) is 0 Å². The third-order valence-electron chi connectivity index (χ3n) is 3.77. The van der Waals surface area contributed by atoms with E-state index in [1.807, 2.05) is 0 Å². The van der Waals surface area contributed by atoms with Crippen LogP contribution in [-0.2, 0) is 0 Å². The molecule has 0 spiro atoms. The summed E-state index contributed by atoms with van der Waals surface area (Å²) in [6.45, 7) is -0.442. The first-order valence-corrected chi connectivity index (χ1v) is 7.33. The van der Waals surface area contributed by atoms with Crippen LogP contribution in [0.4, 0.5) is 0 Å². The molecule has 0 rings (SSSR count). The van der Waals surface area contributed by atoms with Crippen LogP contribution in [0.5, 0.6) is 0 Å². The van der Waals surface area contributed by atoms with E-state index >= 15 is 0 Å². The summed E-state index contributed by atoms with van der Waals surface area (Å²) >= 11 is 0. The second-order valence-electron chi connectivity index (χ2n) is 5.58. The van der Waals surface area contributed by atoms with Crippen molar-refractivity contribution in [3.8, 4) is 0 Å². The van der Waals surface area contributed by atoms with Crippen molar-refractivity contribution < 1.29 is 20.4 Å². The molecule has 0 aliphatic rings. The molecule has 0 aromatic heterocycles. The van der Waals surface area contributed by atoms with E-state index in [0.717, 1.165) is 44.9 Å². The minimum atomic E-state index is -0.714. The second-order valence-corrected chi connectivity index (χ2v) is 5.58. The van der Waals surface area contributed by atoms with Crippen molar-refractivity contribution in [1.29, 1.82) is 0 Å². The van der Waals surface area contributed by atoms with Crippen molar-refractivity contribution in [2.24, 2.45) is 11.1 Å². The summed E-state index contributed by atoms with van der Waals surface area (Å²) in [6, 6.07) is -0.0840. The molecular formula is C14H31NO4. The van der Waals surface area contributed by atoms with E-state index in [-0.39, 0.29) is 32.5 Å². The van der Waals surface area contributed by atoms with Gasteiger partial charge in [-0.25, -0.2) is 0 Å². The number of aliphatic hydroxyl groups excluding tert-OH is 4.